The molecule has 19 heavy (non-hydrogen) atoms. The van der Waals surface area contributed by atoms with Crippen LogP contribution < -0.4 is 0 Å². The van der Waals surface area contributed by atoms with Crippen LogP contribution in [0.5, 0.6) is 0 Å². The Morgan fingerprint density at radius 3 is 2.79 bits per heavy atom. The lowest BCUT2D eigenvalue weighted by Crippen LogP contribution is -2.39. The second-order valence-electron chi connectivity index (χ2n) is 5.19. The standard InChI is InChI=1S/C15H20ClNO2/c16-14-5-3-13(4-6-14)15(19)11-17-8-1-2-12(10-17)7-9-18/h3-6,12,18H,1-2,7-11H2. The smallest absolute Gasteiger partial charge is 0.176 e. The minimum atomic E-state index is 0.140. The summed E-state index contributed by atoms with van der Waals surface area (Å²) in [5, 5.41) is 9.64. The first kappa shape index (κ1) is 14.5. The number of nitrogens with zero attached hydrogens (tertiary/aromatic N) is 1. The lowest BCUT2D eigenvalue weighted by atomic mass is 9.95. The maximum atomic E-state index is 12.2. The fraction of sp³-hybridized carbons (Fsp3) is 0.533. The Bertz CT molecular complexity index is 417. The highest BCUT2D eigenvalue weighted by Gasteiger charge is 2.21. The van der Waals surface area contributed by atoms with Gasteiger partial charge in [0, 0.05) is 23.7 Å². The number of benzene rings is 1. The monoisotopic (exact) mass is 281 g/mol. The predicted octanol–water partition coefficient (Wildman–Crippen LogP) is 2.62. The minimum absolute atomic E-state index is 0.140. The topological polar surface area (TPSA) is 40.5 Å². The summed E-state index contributed by atoms with van der Waals surface area (Å²) in [5.41, 5.74) is 0.716. The van der Waals surface area contributed by atoms with Crippen molar-refractivity contribution < 1.29 is 9.90 Å². The number of carbonyl (C=O) groups is 1. The van der Waals surface area contributed by atoms with Crippen LogP contribution in [0.15, 0.2) is 24.3 Å². The molecule has 1 fully saturated rings. The number of aliphatic hydroxyl groups excluding tert-OH is 1. The number of likely N-dealkylation sites (tertiary alicyclic amines) is 1. The molecule has 1 aliphatic heterocycles. The van der Waals surface area contributed by atoms with E-state index in [0.717, 1.165) is 32.4 Å². The Kier molecular flexibility index (Phi) is 5.37. The third-order valence-corrected chi connectivity index (χ3v) is 3.93. The van der Waals surface area contributed by atoms with E-state index in [2.05, 4.69) is 4.90 Å². The summed E-state index contributed by atoms with van der Waals surface area (Å²) in [4.78, 5) is 14.3. The highest BCUT2D eigenvalue weighted by atomic mass is 35.5. The quantitative estimate of drug-likeness (QED) is 0.844. The van der Waals surface area contributed by atoms with Crippen LogP contribution in [0.4, 0.5) is 0 Å². The summed E-state index contributed by atoms with van der Waals surface area (Å²) < 4.78 is 0. The van der Waals surface area contributed by atoms with Crippen LogP contribution >= 0.6 is 11.6 Å². The summed E-state index contributed by atoms with van der Waals surface area (Å²) in [6.45, 7) is 2.59. The van der Waals surface area contributed by atoms with Crippen molar-refractivity contribution in [1.82, 2.24) is 4.90 Å². The van der Waals surface area contributed by atoms with E-state index >= 15 is 0 Å². The first-order valence-corrected chi connectivity index (χ1v) is 7.19. The lowest BCUT2D eigenvalue weighted by molar-refractivity contribution is 0.0871. The van der Waals surface area contributed by atoms with Crippen LogP contribution in [0.2, 0.25) is 5.02 Å². The van der Waals surface area contributed by atoms with E-state index in [1.165, 1.54) is 0 Å². The van der Waals surface area contributed by atoms with Crippen LogP contribution in [-0.2, 0) is 0 Å². The molecular formula is C15H20ClNO2. The number of ketones is 1. The van der Waals surface area contributed by atoms with Crippen LogP contribution in [0, 0.1) is 5.92 Å². The molecule has 4 heteroatoms. The number of piperidine rings is 1. The van der Waals surface area contributed by atoms with Crippen LogP contribution in [0.1, 0.15) is 29.6 Å². The first-order chi connectivity index (χ1) is 9.19. The zero-order chi connectivity index (χ0) is 13.7. The molecule has 0 amide bonds. The summed E-state index contributed by atoms with van der Waals surface area (Å²) in [5.74, 6) is 0.665. The number of rotatable bonds is 5. The summed E-state index contributed by atoms with van der Waals surface area (Å²) in [6.07, 6.45) is 3.11. The normalized spacial score (nSPS) is 20.4. The molecular weight excluding hydrogens is 262 g/mol. The van der Waals surface area contributed by atoms with Gasteiger partial charge >= 0.3 is 0 Å². The third kappa shape index (κ3) is 4.30. The molecule has 1 aromatic carbocycles. The van der Waals surface area contributed by atoms with Crippen molar-refractivity contribution in [2.75, 3.05) is 26.2 Å². The molecule has 1 atom stereocenters. The van der Waals surface area contributed by atoms with Gasteiger partial charge in [-0.25, -0.2) is 0 Å². The average Bonchev–Trinajstić information content (AvgIpc) is 2.40. The second kappa shape index (κ2) is 7.04. The fourth-order valence-corrected chi connectivity index (χ4v) is 2.77. The highest BCUT2D eigenvalue weighted by molar-refractivity contribution is 6.30. The van der Waals surface area contributed by atoms with Gasteiger partial charge < -0.3 is 5.11 Å². The van der Waals surface area contributed by atoms with Crippen molar-refractivity contribution in [3.05, 3.63) is 34.9 Å². The van der Waals surface area contributed by atoms with Crippen LogP contribution in [0.25, 0.3) is 0 Å². The van der Waals surface area contributed by atoms with Crippen molar-refractivity contribution in [2.45, 2.75) is 19.3 Å². The fourth-order valence-electron chi connectivity index (χ4n) is 2.64. The zero-order valence-electron chi connectivity index (χ0n) is 11.0. The second-order valence-corrected chi connectivity index (χ2v) is 5.62. The van der Waals surface area contributed by atoms with Gasteiger partial charge in [-0.3, -0.25) is 9.69 Å². The van der Waals surface area contributed by atoms with Crippen LogP contribution in [-0.4, -0.2) is 42.0 Å². The lowest BCUT2D eigenvalue weighted by Gasteiger charge is -2.31. The molecule has 0 aromatic heterocycles. The predicted molar refractivity (Wildman–Crippen MR) is 76.6 cm³/mol. The third-order valence-electron chi connectivity index (χ3n) is 3.67. The number of hydrogen-bond donors (Lipinski definition) is 1. The Labute approximate surface area is 119 Å². The van der Waals surface area contributed by atoms with E-state index in [0.29, 0.717) is 23.0 Å². The highest BCUT2D eigenvalue weighted by Crippen LogP contribution is 2.19. The van der Waals surface area contributed by atoms with E-state index in [-0.39, 0.29) is 12.4 Å². The Morgan fingerprint density at radius 1 is 1.37 bits per heavy atom. The molecule has 1 aromatic rings. The van der Waals surface area contributed by atoms with Crippen LogP contribution in [0.3, 0.4) is 0 Å². The largest absolute Gasteiger partial charge is 0.396 e. The van der Waals surface area contributed by atoms with Gasteiger partial charge in [-0.1, -0.05) is 11.6 Å². The molecule has 0 bridgehead atoms. The maximum absolute atomic E-state index is 12.2. The summed E-state index contributed by atoms with van der Waals surface area (Å²) >= 11 is 5.82. The average molecular weight is 282 g/mol. The van der Waals surface area contributed by atoms with Gasteiger partial charge in [0.1, 0.15) is 0 Å². The molecule has 1 N–H and O–H groups in total. The van der Waals surface area contributed by atoms with Crippen molar-refractivity contribution >= 4 is 17.4 Å². The molecule has 1 unspecified atom stereocenters. The van der Waals surface area contributed by atoms with E-state index < -0.39 is 0 Å². The molecule has 0 radical (unpaired) electrons. The molecule has 0 saturated carbocycles. The molecule has 104 valence electrons. The van der Waals surface area contributed by atoms with Gasteiger partial charge in [0.2, 0.25) is 0 Å². The van der Waals surface area contributed by atoms with E-state index in [1.807, 2.05) is 0 Å². The van der Waals surface area contributed by atoms with Crippen molar-refractivity contribution in [3.8, 4) is 0 Å². The Morgan fingerprint density at radius 2 is 2.11 bits per heavy atom. The molecule has 1 aliphatic rings. The van der Waals surface area contributed by atoms with E-state index in [4.69, 9.17) is 16.7 Å². The van der Waals surface area contributed by atoms with Gasteiger partial charge in [0.05, 0.1) is 6.54 Å². The molecule has 1 heterocycles. The van der Waals surface area contributed by atoms with Gasteiger partial charge in [0.25, 0.3) is 0 Å². The minimum Gasteiger partial charge on any atom is -0.396 e. The number of aliphatic hydroxyl groups is 1. The molecule has 0 aliphatic carbocycles. The van der Waals surface area contributed by atoms with Gasteiger partial charge in [0.15, 0.2) is 5.78 Å². The number of Topliss-reactive ketones (excluding diaryl/α,β-unsaturated/α-hetero) is 1. The van der Waals surface area contributed by atoms with Gasteiger partial charge in [-0.15, -0.1) is 0 Å². The number of hydrogen-bond acceptors (Lipinski definition) is 3. The maximum Gasteiger partial charge on any atom is 0.176 e. The van der Waals surface area contributed by atoms with Gasteiger partial charge in [-0.2, -0.15) is 0 Å². The van der Waals surface area contributed by atoms with Gasteiger partial charge in [-0.05, 0) is 56.0 Å². The molecule has 3 nitrogen and oxygen atoms in total. The number of halogens is 1. The van der Waals surface area contributed by atoms with E-state index in [1.54, 1.807) is 24.3 Å². The molecule has 0 spiro atoms. The van der Waals surface area contributed by atoms with Crippen molar-refractivity contribution in [3.63, 3.8) is 0 Å². The zero-order valence-corrected chi connectivity index (χ0v) is 11.8. The number of carbonyl (C=O) groups excluding carboxylic acids is 1. The Balaban J connectivity index is 1.89. The summed E-state index contributed by atoms with van der Waals surface area (Å²) in [6, 6.07) is 7.05. The SMILES string of the molecule is O=C(CN1CCCC(CCO)C1)c1ccc(Cl)cc1. The Hall–Kier alpha value is -0.900. The van der Waals surface area contributed by atoms with Crippen molar-refractivity contribution in [2.24, 2.45) is 5.92 Å². The summed E-state index contributed by atoms with van der Waals surface area (Å²) in [7, 11) is 0. The first-order valence-electron chi connectivity index (χ1n) is 6.81. The molecule has 2 rings (SSSR count). The van der Waals surface area contributed by atoms with E-state index in [9.17, 15) is 4.79 Å². The van der Waals surface area contributed by atoms with Crippen molar-refractivity contribution in [1.29, 1.82) is 0 Å². The molecule has 1 saturated heterocycles.